The number of benzene rings is 1. The van der Waals surface area contributed by atoms with Crippen LogP contribution in [0.2, 0.25) is 0 Å². The average molecular weight is 311 g/mol. The van der Waals surface area contributed by atoms with Crippen LogP contribution in [0.15, 0.2) is 48.9 Å². The van der Waals surface area contributed by atoms with E-state index in [2.05, 4.69) is 47.1 Å². The number of aromatic nitrogens is 1. The second kappa shape index (κ2) is 6.20. The molecule has 0 saturated heterocycles. The molecule has 2 heterocycles. The normalized spacial score (nSPS) is 16.8. The number of anilines is 2. The van der Waals surface area contributed by atoms with E-state index in [4.69, 9.17) is 9.47 Å². The first-order chi connectivity index (χ1) is 11.2. The second-order valence-corrected chi connectivity index (χ2v) is 5.43. The van der Waals surface area contributed by atoms with Gasteiger partial charge in [-0.3, -0.25) is 0 Å². The summed E-state index contributed by atoms with van der Waals surface area (Å²) in [4.78, 5) is 8.84. The molecule has 0 amide bonds. The van der Waals surface area contributed by atoms with E-state index in [1.165, 1.54) is 0 Å². The van der Waals surface area contributed by atoms with Crippen molar-refractivity contribution in [2.75, 3.05) is 24.0 Å². The minimum absolute atomic E-state index is 0.127. The highest BCUT2D eigenvalue weighted by atomic mass is 16.5. The quantitative estimate of drug-likeness (QED) is 0.863. The minimum atomic E-state index is 0.127. The standard InChI is InChI=1S/C18H21N3O2/c1-13-6-5-9-19-18(13)21-11-10-20(14(21)2)15-7-8-16(22-3)17(12-15)23-4/h5-12,14H,1-4H3. The second-order valence-electron chi connectivity index (χ2n) is 5.43. The molecule has 23 heavy (non-hydrogen) atoms. The largest absolute Gasteiger partial charge is 0.493 e. The first kappa shape index (κ1) is 15.2. The molecule has 1 aromatic heterocycles. The van der Waals surface area contributed by atoms with E-state index in [0.717, 1.165) is 28.6 Å². The molecule has 1 aliphatic heterocycles. The zero-order valence-corrected chi connectivity index (χ0v) is 13.9. The zero-order chi connectivity index (χ0) is 16.4. The Labute approximate surface area is 136 Å². The van der Waals surface area contributed by atoms with Crippen molar-refractivity contribution in [3.63, 3.8) is 0 Å². The van der Waals surface area contributed by atoms with Crippen LogP contribution in [0.25, 0.3) is 0 Å². The van der Waals surface area contributed by atoms with Crippen LogP contribution in [0.4, 0.5) is 11.5 Å². The summed E-state index contributed by atoms with van der Waals surface area (Å²) in [6, 6.07) is 9.95. The van der Waals surface area contributed by atoms with Gasteiger partial charge in [0, 0.05) is 30.4 Å². The van der Waals surface area contributed by atoms with Crippen LogP contribution in [-0.2, 0) is 0 Å². The van der Waals surface area contributed by atoms with Crippen LogP contribution in [0, 0.1) is 6.92 Å². The Morgan fingerprint density at radius 2 is 1.74 bits per heavy atom. The molecule has 1 atom stereocenters. The maximum Gasteiger partial charge on any atom is 0.162 e. The first-order valence-corrected chi connectivity index (χ1v) is 7.54. The van der Waals surface area contributed by atoms with Crippen LogP contribution < -0.4 is 19.3 Å². The molecule has 0 N–H and O–H groups in total. The van der Waals surface area contributed by atoms with Gasteiger partial charge >= 0.3 is 0 Å². The molecule has 0 fully saturated rings. The number of pyridine rings is 1. The maximum absolute atomic E-state index is 5.40. The smallest absolute Gasteiger partial charge is 0.162 e. The van der Waals surface area contributed by atoms with Crippen LogP contribution >= 0.6 is 0 Å². The molecule has 0 spiro atoms. The fourth-order valence-electron chi connectivity index (χ4n) is 2.81. The molecule has 5 nitrogen and oxygen atoms in total. The molecule has 3 rings (SSSR count). The summed E-state index contributed by atoms with van der Waals surface area (Å²) in [5, 5.41) is 0. The molecular weight excluding hydrogens is 290 g/mol. The Balaban J connectivity index is 1.89. The number of aryl methyl sites for hydroxylation is 1. The van der Waals surface area contributed by atoms with E-state index in [1.54, 1.807) is 14.2 Å². The van der Waals surface area contributed by atoms with Gasteiger partial charge in [-0.2, -0.15) is 0 Å². The van der Waals surface area contributed by atoms with Crippen LogP contribution in [0.5, 0.6) is 11.5 Å². The van der Waals surface area contributed by atoms with E-state index in [9.17, 15) is 0 Å². The van der Waals surface area contributed by atoms with Crippen molar-refractivity contribution in [3.8, 4) is 11.5 Å². The van der Waals surface area contributed by atoms with Crippen molar-refractivity contribution in [1.82, 2.24) is 4.98 Å². The lowest BCUT2D eigenvalue weighted by Gasteiger charge is -2.30. The van der Waals surface area contributed by atoms with Gasteiger partial charge in [-0.15, -0.1) is 0 Å². The highest BCUT2D eigenvalue weighted by Gasteiger charge is 2.26. The van der Waals surface area contributed by atoms with Crippen LogP contribution in [0.1, 0.15) is 12.5 Å². The third-order valence-electron chi connectivity index (χ3n) is 4.08. The minimum Gasteiger partial charge on any atom is -0.493 e. The number of methoxy groups -OCH3 is 2. The molecule has 0 saturated carbocycles. The van der Waals surface area contributed by atoms with Gasteiger partial charge in [0.05, 0.1) is 14.2 Å². The van der Waals surface area contributed by atoms with Crippen LogP contribution in [0.3, 0.4) is 0 Å². The van der Waals surface area contributed by atoms with Crippen molar-refractivity contribution < 1.29 is 9.47 Å². The van der Waals surface area contributed by atoms with Gasteiger partial charge in [0.1, 0.15) is 12.0 Å². The summed E-state index contributed by atoms with van der Waals surface area (Å²) < 4.78 is 10.7. The Morgan fingerprint density at radius 3 is 2.43 bits per heavy atom. The summed E-state index contributed by atoms with van der Waals surface area (Å²) in [5.74, 6) is 2.42. The van der Waals surface area contributed by atoms with Gasteiger partial charge in [-0.25, -0.2) is 4.98 Å². The maximum atomic E-state index is 5.40. The van der Waals surface area contributed by atoms with Crippen molar-refractivity contribution in [3.05, 3.63) is 54.5 Å². The zero-order valence-electron chi connectivity index (χ0n) is 13.9. The monoisotopic (exact) mass is 311 g/mol. The molecule has 0 radical (unpaired) electrons. The molecule has 1 aromatic carbocycles. The Bertz CT molecular complexity index is 730. The molecule has 5 heteroatoms. The number of hydrogen-bond acceptors (Lipinski definition) is 5. The van der Waals surface area contributed by atoms with Crippen molar-refractivity contribution in [1.29, 1.82) is 0 Å². The molecule has 1 unspecified atom stereocenters. The Hall–Kier alpha value is -2.69. The summed E-state index contributed by atoms with van der Waals surface area (Å²) >= 11 is 0. The number of nitrogens with zero attached hydrogens (tertiary/aromatic N) is 3. The number of hydrogen-bond donors (Lipinski definition) is 0. The lowest BCUT2D eigenvalue weighted by Crippen LogP contribution is -2.36. The fraction of sp³-hybridized carbons (Fsp3) is 0.278. The van der Waals surface area contributed by atoms with Gasteiger partial charge in [-0.1, -0.05) is 6.07 Å². The molecule has 0 aliphatic carbocycles. The van der Waals surface area contributed by atoms with Gasteiger partial charge in [0.15, 0.2) is 11.5 Å². The van der Waals surface area contributed by atoms with E-state index in [1.807, 2.05) is 30.5 Å². The summed E-state index contributed by atoms with van der Waals surface area (Å²) in [5.41, 5.74) is 2.20. The number of rotatable bonds is 4. The van der Waals surface area contributed by atoms with E-state index in [-0.39, 0.29) is 6.17 Å². The Kier molecular flexibility index (Phi) is 4.10. The molecule has 0 bridgehead atoms. The molecule has 2 aromatic rings. The number of ether oxygens (including phenoxy) is 2. The molecule has 1 aliphatic rings. The molecular formula is C18H21N3O2. The van der Waals surface area contributed by atoms with E-state index >= 15 is 0 Å². The van der Waals surface area contributed by atoms with Crippen molar-refractivity contribution >= 4 is 11.5 Å². The van der Waals surface area contributed by atoms with E-state index in [0.29, 0.717) is 0 Å². The summed E-state index contributed by atoms with van der Waals surface area (Å²) in [6.45, 7) is 4.22. The Morgan fingerprint density at radius 1 is 1.00 bits per heavy atom. The van der Waals surface area contributed by atoms with Gasteiger partial charge in [-0.05, 0) is 37.6 Å². The lowest BCUT2D eigenvalue weighted by atomic mass is 10.2. The third-order valence-corrected chi connectivity index (χ3v) is 4.08. The van der Waals surface area contributed by atoms with Gasteiger partial charge in [0.2, 0.25) is 0 Å². The third kappa shape index (κ3) is 2.70. The van der Waals surface area contributed by atoms with Gasteiger partial charge < -0.3 is 19.3 Å². The van der Waals surface area contributed by atoms with E-state index < -0.39 is 0 Å². The topological polar surface area (TPSA) is 37.8 Å². The van der Waals surface area contributed by atoms with Gasteiger partial charge in [0.25, 0.3) is 0 Å². The lowest BCUT2D eigenvalue weighted by molar-refractivity contribution is 0.355. The van der Waals surface area contributed by atoms with Crippen molar-refractivity contribution in [2.45, 2.75) is 20.0 Å². The highest BCUT2D eigenvalue weighted by Crippen LogP contribution is 2.35. The SMILES string of the molecule is COc1ccc(N2C=CN(c3ncccc3C)C2C)cc1OC. The van der Waals surface area contributed by atoms with Crippen LogP contribution in [-0.4, -0.2) is 25.4 Å². The average Bonchev–Trinajstić information content (AvgIpc) is 2.96. The predicted molar refractivity (Wildman–Crippen MR) is 92.1 cm³/mol. The highest BCUT2D eigenvalue weighted by molar-refractivity contribution is 5.63. The fourth-order valence-corrected chi connectivity index (χ4v) is 2.81. The molecule has 120 valence electrons. The van der Waals surface area contributed by atoms with Crippen molar-refractivity contribution in [2.24, 2.45) is 0 Å². The summed E-state index contributed by atoms with van der Waals surface area (Å²) in [6.07, 6.45) is 6.06. The first-order valence-electron chi connectivity index (χ1n) is 7.54. The summed E-state index contributed by atoms with van der Waals surface area (Å²) in [7, 11) is 3.29. The predicted octanol–water partition coefficient (Wildman–Crippen LogP) is 3.55.